The largest absolute Gasteiger partial charge is 0.550 e. The topological polar surface area (TPSA) is 113 Å². The van der Waals surface area contributed by atoms with Gasteiger partial charge in [-0.25, -0.2) is 4.79 Å². The minimum atomic E-state index is -0.987. The normalized spacial score (nSPS) is 19.3. The number of nitrogens with one attached hydrogen (secondary N) is 1. The Morgan fingerprint density at radius 1 is 1.10 bits per heavy atom. The van der Waals surface area contributed by atoms with Crippen molar-refractivity contribution in [3.05, 3.63) is 45.5 Å². The van der Waals surface area contributed by atoms with E-state index >= 15 is 0 Å². The van der Waals surface area contributed by atoms with E-state index in [1.165, 1.54) is 0 Å². The smallest absolute Gasteiger partial charge is 0.340 e. The third-order valence-electron chi connectivity index (χ3n) is 6.28. The molecule has 1 N–H and O–H groups in total. The lowest BCUT2D eigenvalue weighted by Crippen LogP contribution is -2.37. The molecule has 7 nitrogen and oxygen atoms in total. The average molecular weight is 410 g/mol. The molecule has 0 aliphatic heterocycles. The van der Waals surface area contributed by atoms with Gasteiger partial charge in [-0.1, -0.05) is 0 Å². The minimum Gasteiger partial charge on any atom is -0.550 e. The molecule has 1 saturated carbocycles. The molecule has 0 spiro atoms. The summed E-state index contributed by atoms with van der Waals surface area (Å²) in [6.07, 6.45) is 4.26. The van der Waals surface area contributed by atoms with Crippen LogP contribution in [0.1, 0.15) is 42.4 Å². The summed E-state index contributed by atoms with van der Waals surface area (Å²) in [7, 11) is 0. The standard InChI is InChI=1S/C23H25NO6/c1-12-11-29-19-9-20-17(7-16(12)19)13(2)18(23(28)30-20)8-21(25)24-10-14-3-5-15(6-4-14)22(26)27/h7,9,11,14-15H,3-6,8,10H2,1-2H3,(H,24,25)(H,26,27)/p-1. The van der Waals surface area contributed by atoms with E-state index in [1.54, 1.807) is 12.3 Å². The van der Waals surface area contributed by atoms with Crippen LogP contribution in [-0.2, 0) is 16.0 Å². The molecule has 1 amide bonds. The first kappa shape index (κ1) is 20.2. The number of carbonyl (C=O) groups is 2. The maximum absolute atomic E-state index is 12.5. The van der Waals surface area contributed by atoms with E-state index in [2.05, 4.69) is 5.32 Å². The molecule has 0 unspecified atom stereocenters. The van der Waals surface area contributed by atoms with Crippen LogP contribution in [0.2, 0.25) is 0 Å². The molecule has 0 atom stereocenters. The van der Waals surface area contributed by atoms with Gasteiger partial charge in [0, 0.05) is 29.4 Å². The molecule has 30 heavy (non-hydrogen) atoms. The monoisotopic (exact) mass is 410 g/mol. The van der Waals surface area contributed by atoms with Crippen LogP contribution < -0.4 is 16.0 Å². The lowest BCUT2D eigenvalue weighted by atomic mass is 9.82. The molecule has 1 fully saturated rings. The Kier molecular flexibility index (Phi) is 5.37. The van der Waals surface area contributed by atoms with Crippen molar-refractivity contribution < 1.29 is 23.5 Å². The Balaban J connectivity index is 1.47. The number of hydrogen-bond acceptors (Lipinski definition) is 6. The lowest BCUT2D eigenvalue weighted by molar-refractivity contribution is -0.312. The minimum absolute atomic E-state index is 0.0547. The summed E-state index contributed by atoms with van der Waals surface area (Å²) in [5, 5.41) is 15.6. The number of rotatable bonds is 5. The van der Waals surface area contributed by atoms with E-state index in [9.17, 15) is 19.5 Å². The summed E-state index contributed by atoms with van der Waals surface area (Å²) in [6, 6.07) is 3.64. The number of aryl methyl sites for hydroxylation is 2. The molecule has 0 saturated heterocycles. The fourth-order valence-corrected chi connectivity index (χ4v) is 4.33. The number of aliphatic carboxylic acids is 1. The van der Waals surface area contributed by atoms with Crippen LogP contribution in [0, 0.1) is 25.7 Å². The molecule has 158 valence electrons. The number of carboxylic acid groups (broad SMARTS) is 1. The number of carbonyl (C=O) groups excluding carboxylic acids is 2. The predicted octanol–water partition coefficient (Wildman–Crippen LogP) is 2.37. The number of fused-ring (bicyclic) bond motifs is 2. The molecule has 4 rings (SSSR count). The van der Waals surface area contributed by atoms with Crippen molar-refractivity contribution in [3.8, 4) is 0 Å². The molecule has 3 aromatic rings. The van der Waals surface area contributed by atoms with Gasteiger partial charge in [0.25, 0.3) is 0 Å². The third-order valence-corrected chi connectivity index (χ3v) is 6.28. The summed E-state index contributed by atoms with van der Waals surface area (Å²) >= 11 is 0. The van der Waals surface area contributed by atoms with Crippen LogP contribution in [-0.4, -0.2) is 18.4 Å². The highest BCUT2D eigenvalue weighted by Crippen LogP contribution is 2.29. The SMILES string of the molecule is Cc1coc2cc3oc(=O)c(CC(=O)NCC4CCC(C(=O)[O-])CC4)c(C)c3cc12. The van der Waals surface area contributed by atoms with E-state index in [0.29, 0.717) is 36.1 Å². The fraction of sp³-hybridized carbons (Fsp3) is 0.435. The third kappa shape index (κ3) is 3.84. The van der Waals surface area contributed by atoms with Gasteiger partial charge in [0.2, 0.25) is 5.91 Å². The molecule has 2 heterocycles. The molecular weight excluding hydrogens is 386 g/mol. The van der Waals surface area contributed by atoms with Crippen LogP contribution in [0.3, 0.4) is 0 Å². The van der Waals surface area contributed by atoms with E-state index < -0.39 is 11.6 Å². The highest BCUT2D eigenvalue weighted by atomic mass is 16.4. The van der Waals surface area contributed by atoms with E-state index in [4.69, 9.17) is 8.83 Å². The second-order valence-electron chi connectivity index (χ2n) is 8.27. The zero-order valence-corrected chi connectivity index (χ0v) is 17.1. The number of carboxylic acids is 1. The highest BCUT2D eigenvalue weighted by molar-refractivity contribution is 5.96. The van der Waals surface area contributed by atoms with Crippen molar-refractivity contribution >= 4 is 33.8 Å². The molecule has 0 bridgehead atoms. The van der Waals surface area contributed by atoms with Crippen LogP contribution in [0.4, 0.5) is 0 Å². The molecule has 1 aliphatic rings. The Labute approximate surface area is 173 Å². The van der Waals surface area contributed by atoms with Gasteiger partial charge in [0.1, 0.15) is 11.2 Å². The molecule has 0 radical (unpaired) electrons. The quantitative estimate of drug-likeness (QED) is 0.646. The summed E-state index contributed by atoms with van der Waals surface area (Å²) < 4.78 is 10.9. The van der Waals surface area contributed by atoms with Crippen LogP contribution in [0.25, 0.3) is 21.9 Å². The summed E-state index contributed by atoms with van der Waals surface area (Å²) in [5.41, 5.74) is 2.64. The van der Waals surface area contributed by atoms with Crippen LogP contribution >= 0.6 is 0 Å². The summed E-state index contributed by atoms with van der Waals surface area (Å²) in [6.45, 7) is 4.25. The molecular formula is C23H24NO6-. The van der Waals surface area contributed by atoms with Gasteiger partial charge in [-0.2, -0.15) is 0 Å². The van der Waals surface area contributed by atoms with Gasteiger partial charge in [-0.05, 0) is 68.6 Å². The lowest BCUT2D eigenvalue weighted by Gasteiger charge is -2.29. The second-order valence-corrected chi connectivity index (χ2v) is 8.27. The van der Waals surface area contributed by atoms with Crippen LogP contribution in [0.5, 0.6) is 0 Å². The van der Waals surface area contributed by atoms with Crippen molar-refractivity contribution in [2.24, 2.45) is 11.8 Å². The van der Waals surface area contributed by atoms with Crippen molar-refractivity contribution in [2.45, 2.75) is 46.0 Å². The summed E-state index contributed by atoms with van der Waals surface area (Å²) in [4.78, 5) is 35.9. The Morgan fingerprint density at radius 2 is 1.83 bits per heavy atom. The van der Waals surface area contributed by atoms with Gasteiger partial charge in [-0.15, -0.1) is 0 Å². The first-order valence-corrected chi connectivity index (χ1v) is 10.2. The zero-order valence-electron chi connectivity index (χ0n) is 17.1. The van der Waals surface area contributed by atoms with Gasteiger partial charge < -0.3 is 24.1 Å². The van der Waals surface area contributed by atoms with Crippen molar-refractivity contribution in [2.75, 3.05) is 6.54 Å². The van der Waals surface area contributed by atoms with Crippen molar-refractivity contribution in [3.63, 3.8) is 0 Å². The Bertz CT molecular complexity index is 1180. The summed E-state index contributed by atoms with van der Waals surface area (Å²) in [5.74, 6) is -1.37. The first-order chi connectivity index (χ1) is 14.3. The van der Waals surface area contributed by atoms with Gasteiger partial charge >= 0.3 is 5.63 Å². The molecule has 1 aliphatic carbocycles. The molecule has 2 aromatic heterocycles. The van der Waals surface area contributed by atoms with Crippen LogP contribution in [0.15, 0.2) is 32.0 Å². The maximum Gasteiger partial charge on any atom is 0.340 e. The molecule has 7 heteroatoms. The number of furan rings is 1. The van der Waals surface area contributed by atoms with Gasteiger partial charge in [-0.3, -0.25) is 4.79 Å². The van der Waals surface area contributed by atoms with Crippen molar-refractivity contribution in [1.82, 2.24) is 5.32 Å². The van der Waals surface area contributed by atoms with E-state index in [1.807, 2.05) is 19.9 Å². The fourth-order valence-electron chi connectivity index (χ4n) is 4.33. The first-order valence-electron chi connectivity index (χ1n) is 10.2. The Hall–Kier alpha value is -3.09. The maximum atomic E-state index is 12.5. The van der Waals surface area contributed by atoms with E-state index in [-0.39, 0.29) is 24.2 Å². The van der Waals surface area contributed by atoms with E-state index in [0.717, 1.165) is 34.7 Å². The van der Waals surface area contributed by atoms with Gasteiger partial charge in [0.15, 0.2) is 0 Å². The number of amides is 1. The average Bonchev–Trinajstić information content (AvgIpc) is 3.08. The number of hydrogen-bond donors (Lipinski definition) is 1. The number of benzene rings is 1. The zero-order chi connectivity index (χ0) is 21.4. The predicted molar refractivity (Wildman–Crippen MR) is 109 cm³/mol. The Morgan fingerprint density at radius 3 is 2.53 bits per heavy atom. The molecule has 1 aromatic carbocycles. The van der Waals surface area contributed by atoms with Gasteiger partial charge in [0.05, 0.1) is 18.2 Å². The highest BCUT2D eigenvalue weighted by Gasteiger charge is 2.23. The second kappa shape index (κ2) is 7.97. The van der Waals surface area contributed by atoms with Crippen molar-refractivity contribution in [1.29, 1.82) is 0 Å².